The predicted octanol–water partition coefficient (Wildman–Crippen LogP) is 4.16. The van der Waals surface area contributed by atoms with Crippen LogP contribution in [0.3, 0.4) is 0 Å². The molecule has 0 amide bonds. The Morgan fingerprint density at radius 2 is 1.94 bits per heavy atom. The zero-order valence-corrected chi connectivity index (χ0v) is 13.0. The molecule has 0 aliphatic rings. The highest BCUT2D eigenvalue weighted by atomic mass is 79.9. The number of H-pyrrole nitrogens is 2. The van der Waals surface area contributed by atoms with E-state index in [4.69, 9.17) is 0 Å². The fraction of sp³-hybridized carbons (Fsp3) is 0.0833. The Morgan fingerprint density at radius 1 is 1.22 bits per heavy atom. The fourth-order valence-corrected chi connectivity index (χ4v) is 4.27. The van der Waals surface area contributed by atoms with Gasteiger partial charge in [0.15, 0.2) is 0 Å². The normalized spacial score (nSPS) is 13.0. The highest BCUT2D eigenvalue weighted by molar-refractivity contribution is 9.11. The number of thiophene rings is 1. The van der Waals surface area contributed by atoms with Crippen LogP contribution in [0, 0.1) is 0 Å². The number of fused-ring (bicyclic) bond motifs is 1. The van der Waals surface area contributed by atoms with Crippen molar-refractivity contribution in [3.05, 3.63) is 55.0 Å². The number of benzene rings is 1. The minimum Gasteiger partial charge on any atom is -0.306 e. The second kappa shape index (κ2) is 4.68. The van der Waals surface area contributed by atoms with E-state index < -0.39 is 0 Å². The number of imidazole rings is 1. The smallest absolute Gasteiger partial charge is 0.306 e. The van der Waals surface area contributed by atoms with E-state index in [1.54, 1.807) is 11.3 Å². The molecule has 1 unspecified atom stereocenters. The summed E-state index contributed by atoms with van der Waals surface area (Å²) in [6, 6.07) is 5.98. The molecule has 6 heteroatoms. The lowest BCUT2D eigenvalue weighted by Crippen LogP contribution is -1.99. The van der Waals surface area contributed by atoms with Crippen molar-refractivity contribution in [3.8, 4) is 0 Å². The zero-order chi connectivity index (χ0) is 12.7. The molecule has 0 spiro atoms. The van der Waals surface area contributed by atoms with Gasteiger partial charge >= 0.3 is 5.69 Å². The number of aromatic amines is 2. The maximum absolute atomic E-state index is 11.3. The molecule has 92 valence electrons. The van der Waals surface area contributed by atoms with Crippen molar-refractivity contribution >= 4 is 54.2 Å². The van der Waals surface area contributed by atoms with Crippen LogP contribution in [0.4, 0.5) is 0 Å². The van der Waals surface area contributed by atoms with E-state index >= 15 is 0 Å². The second-order valence-corrected chi connectivity index (χ2v) is 6.47. The Morgan fingerprint density at radius 3 is 2.61 bits per heavy atom. The molecule has 0 aliphatic heterocycles. The Labute approximate surface area is 124 Å². The molecule has 2 heterocycles. The van der Waals surface area contributed by atoms with E-state index in [2.05, 4.69) is 53.3 Å². The van der Waals surface area contributed by atoms with Crippen molar-refractivity contribution in [2.24, 2.45) is 0 Å². The van der Waals surface area contributed by atoms with E-state index in [-0.39, 0.29) is 10.5 Å². The van der Waals surface area contributed by atoms with Crippen LogP contribution < -0.4 is 5.69 Å². The molecule has 18 heavy (non-hydrogen) atoms. The maximum atomic E-state index is 11.3. The van der Waals surface area contributed by atoms with Crippen LogP contribution >= 0.6 is 43.2 Å². The summed E-state index contributed by atoms with van der Waals surface area (Å²) in [6.45, 7) is 0. The Balaban J connectivity index is 2.16. The van der Waals surface area contributed by atoms with E-state index in [9.17, 15) is 4.79 Å². The molecule has 2 aromatic heterocycles. The van der Waals surface area contributed by atoms with Gasteiger partial charge in [-0.2, -0.15) is 11.3 Å². The van der Waals surface area contributed by atoms with Crippen molar-refractivity contribution in [1.82, 2.24) is 9.97 Å². The van der Waals surface area contributed by atoms with Crippen LogP contribution in [0.5, 0.6) is 0 Å². The first-order chi connectivity index (χ1) is 8.65. The first-order valence-corrected chi connectivity index (χ1v) is 7.88. The molecule has 3 aromatic rings. The molecule has 0 fully saturated rings. The van der Waals surface area contributed by atoms with Crippen LogP contribution in [-0.2, 0) is 0 Å². The summed E-state index contributed by atoms with van der Waals surface area (Å²) in [5.74, 6) is 0. The first kappa shape index (κ1) is 12.2. The number of hydrogen-bond donors (Lipinski definition) is 2. The van der Waals surface area contributed by atoms with Gasteiger partial charge in [0.2, 0.25) is 0 Å². The summed E-state index contributed by atoms with van der Waals surface area (Å²) in [4.78, 5) is 16.9. The number of nitrogens with one attached hydrogen (secondary N) is 2. The van der Waals surface area contributed by atoms with E-state index in [1.807, 2.05) is 17.5 Å². The SMILES string of the molecule is O=c1[nH]c2cc(Br)c(C(Br)c3ccsc3)cc2[nH]1. The van der Waals surface area contributed by atoms with Gasteiger partial charge in [-0.05, 0) is 40.1 Å². The molecule has 1 aromatic carbocycles. The van der Waals surface area contributed by atoms with Gasteiger partial charge in [-0.3, -0.25) is 0 Å². The quantitative estimate of drug-likeness (QED) is 0.637. The highest BCUT2D eigenvalue weighted by Gasteiger charge is 2.15. The van der Waals surface area contributed by atoms with Gasteiger partial charge in [0.1, 0.15) is 0 Å². The average Bonchev–Trinajstić information content (AvgIpc) is 2.94. The molecule has 0 radical (unpaired) electrons. The van der Waals surface area contributed by atoms with Gasteiger partial charge in [-0.1, -0.05) is 31.9 Å². The maximum Gasteiger partial charge on any atom is 0.323 e. The lowest BCUT2D eigenvalue weighted by molar-refractivity contribution is 1.18. The average molecular weight is 388 g/mol. The summed E-state index contributed by atoms with van der Waals surface area (Å²) in [7, 11) is 0. The van der Waals surface area contributed by atoms with Crippen LogP contribution in [0.2, 0.25) is 0 Å². The minimum atomic E-state index is -0.185. The van der Waals surface area contributed by atoms with Gasteiger partial charge in [0.25, 0.3) is 0 Å². The number of aromatic nitrogens is 2. The monoisotopic (exact) mass is 386 g/mol. The lowest BCUT2D eigenvalue weighted by Gasteiger charge is -2.11. The van der Waals surface area contributed by atoms with Gasteiger partial charge < -0.3 is 9.97 Å². The van der Waals surface area contributed by atoms with Crippen LogP contribution in [0.1, 0.15) is 16.0 Å². The minimum absolute atomic E-state index is 0.112. The number of alkyl halides is 1. The number of halogens is 2. The van der Waals surface area contributed by atoms with E-state index in [0.717, 1.165) is 21.1 Å². The van der Waals surface area contributed by atoms with E-state index in [1.165, 1.54) is 5.56 Å². The van der Waals surface area contributed by atoms with Crippen molar-refractivity contribution in [3.63, 3.8) is 0 Å². The highest BCUT2D eigenvalue weighted by Crippen LogP contribution is 2.37. The van der Waals surface area contributed by atoms with Gasteiger partial charge in [-0.15, -0.1) is 0 Å². The molecule has 1 atom stereocenters. The van der Waals surface area contributed by atoms with Gasteiger partial charge in [-0.25, -0.2) is 4.79 Å². The van der Waals surface area contributed by atoms with Crippen molar-refractivity contribution in [1.29, 1.82) is 0 Å². The van der Waals surface area contributed by atoms with E-state index in [0.29, 0.717) is 0 Å². The standard InChI is InChI=1S/C12H8Br2N2OS/c13-8-4-10-9(15-12(17)16-10)3-7(8)11(14)6-1-2-18-5-6/h1-5,11H,(H2,15,16,17). The molecule has 2 N–H and O–H groups in total. The zero-order valence-electron chi connectivity index (χ0n) is 9.04. The second-order valence-electron chi connectivity index (χ2n) is 3.92. The number of rotatable bonds is 2. The van der Waals surface area contributed by atoms with Gasteiger partial charge in [0.05, 0.1) is 15.9 Å². The molecular formula is C12H8Br2N2OS. The third-order valence-electron chi connectivity index (χ3n) is 2.74. The molecule has 3 rings (SSSR count). The molecule has 0 saturated carbocycles. The lowest BCUT2D eigenvalue weighted by atomic mass is 10.1. The van der Waals surface area contributed by atoms with Crippen molar-refractivity contribution in [2.45, 2.75) is 4.83 Å². The Kier molecular flexibility index (Phi) is 3.17. The van der Waals surface area contributed by atoms with Gasteiger partial charge in [0, 0.05) is 4.47 Å². The fourth-order valence-electron chi connectivity index (χ4n) is 1.87. The number of hydrogen-bond acceptors (Lipinski definition) is 2. The largest absolute Gasteiger partial charge is 0.323 e. The van der Waals surface area contributed by atoms with Crippen molar-refractivity contribution < 1.29 is 0 Å². The third-order valence-corrected chi connectivity index (χ3v) is 5.15. The molecule has 0 aliphatic carbocycles. The summed E-state index contributed by atoms with van der Waals surface area (Å²) in [5, 5.41) is 4.16. The molecule has 0 bridgehead atoms. The Hall–Kier alpha value is -0.850. The summed E-state index contributed by atoms with van der Waals surface area (Å²) >= 11 is 8.91. The van der Waals surface area contributed by atoms with Crippen molar-refractivity contribution in [2.75, 3.05) is 0 Å². The third kappa shape index (κ3) is 2.08. The predicted molar refractivity (Wildman–Crippen MR) is 81.7 cm³/mol. The summed E-state index contributed by atoms with van der Waals surface area (Å²) in [5.41, 5.74) is 3.74. The molecular weight excluding hydrogens is 380 g/mol. The topological polar surface area (TPSA) is 48.6 Å². The van der Waals surface area contributed by atoms with Crippen LogP contribution in [0.25, 0.3) is 11.0 Å². The summed E-state index contributed by atoms with van der Waals surface area (Å²) < 4.78 is 0.971. The molecule has 0 saturated heterocycles. The molecule has 3 nitrogen and oxygen atoms in total. The van der Waals surface area contributed by atoms with Crippen LogP contribution in [-0.4, -0.2) is 9.97 Å². The first-order valence-electron chi connectivity index (χ1n) is 5.23. The van der Waals surface area contributed by atoms with Crippen LogP contribution in [0.15, 0.2) is 38.2 Å². The summed E-state index contributed by atoms with van der Waals surface area (Å²) in [6.07, 6.45) is 0. The Bertz CT molecular complexity index is 745.